The summed E-state index contributed by atoms with van der Waals surface area (Å²) in [6, 6.07) is 8.87. The summed E-state index contributed by atoms with van der Waals surface area (Å²) in [5, 5.41) is 6.64. The Morgan fingerprint density at radius 2 is 2.12 bits per heavy atom. The first-order chi connectivity index (χ1) is 12.2. The molecule has 1 aliphatic rings. The quantitative estimate of drug-likeness (QED) is 0.911. The standard InChI is InChI=1S/C17H20N4O4/c1-24-17(23)21-10-6-5-9-13(21)15(22)18-11-14-19-16(25-20-14)12-7-3-2-4-8-12/h2-4,7-8,13H,5-6,9-11H2,1H3,(H,18,22)/t13-/m0/s1. The Bertz CT molecular complexity index is 731. The second kappa shape index (κ2) is 7.78. The Labute approximate surface area is 145 Å². The summed E-state index contributed by atoms with van der Waals surface area (Å²) in [5.41, 5.74) is 0.816. The van der Waals surface area contributed by atoms with Crippen LogP contribution in [0.25, 0.3) is 11.5 Å². The number of rotatable bonds is 4. The van der Waals surface area contributed by atoms with Crippen molar-refractivity contribution in [1.82, 2.24) is 20.4 Å². The van der Waals surface area contributed by atoms with Crippen LogP contribution in [0.4, 0.5) is 4.79 Å². The van der Waals surface area contributed by atoms with Crippen LogP contribution in [-0.2, 0) is 16.1 Å². The Balaban J connectivity index is 1.60. The van der Waals surface area contributed by atoms with Gasteiger partial charge in [-0.25, -0.2) is 4.79 Å². The summed E-state index contributed by atoms with van der Waals surface area (Å²) in [5.74, 6) is 0.544. The van der Waals surface area contributed by atoms with E-state index in [1.165, 1.54) is 12.0 Å². The van der Waals surface area contributed by atoms with Crippen LogP contribution in [0.3, 0.4) is 0 Å². The second-order valence-electron chi connectivity index (χ2n) is 5.77. The summed E-state index contributed by atoms with van der Waals surface area (Å²) in [4.78, 5) is 30.0. The number of benzene rings is 1. The molecule has 0 aliphatic carbocycles. The molecule has 1 N–H and O–H groups in total. The van der Waals surface area contributed by atoms with Gasteiger partial charge in [-0.15, -0.1) is 0 Å². The van der Waals surface area contributed by atoms with E-state index >= 15 is 0 Å². The molecule has 132 valence electrons. The monoisotopic (exact) mass is 344 g/mol. The van der Waals surface area contributed by atoms with Crippen molar-refractivity contribution in [1.29, 1.82) is 0 Å². The SMILES string of the molecule is COC(=O)N1CCCC[C@H]1C(=O)NCc1noc(-c2ccccc2)n1. The number of carbonyl (C=O) groups excluding carboxylic acids is 2. The molecule has 8 heteroatoms. The normalized spacial score (nSPS) is 17.2. The Morgan fingerprint density at radius 3 is 2.88 bits per heavy atom. The minimum absolute atomic E-state index is 0.140. The molecule has 1 atom stereocenters. The van der Waals surface area contributed by atoms with Gasteiger partial charge in [0.25, 0.3) is 5.89 Å². The molecule has 25 heavy (non-hydrogen) atoms. The van der Waals surface area contributed by atoms with E-state index in [2.05, 4.69) is 15.5 Å². The van der Waals surface area contributed by atoms with Gasteiger partial charge in [-0.3, -0.25) is 9.69 Å². The molecule has 1 aromatic heterocycles. The van der Waals surface area contributed by atoms with E-state index in [0.717, 1.165) is 18.4 Å². The molecule has 2 aromatic rings. The molecule has 2 heterocycles. The second-order valence-corrected chi connectivity index (χ2v) is 5.77. The molecule has 0 spiro atoms. The van der Waals surface area contributed by atoms with Gasteiger partial charge in [-0.2, -0.15) is 4.98 Å². The largest absolute Gasteiger partial charge is 0.453 e. The highest BCUT2D eigenvalue weighted by Crippen LogP contribution is 2.19. The van der Waals surface area contributed by atoms with Gasteiger partial charge in [0.05, 0.1) is 13.7 Å². The van der Waals surface area contributed by atoms with Crippen molar-refractivity contribution in [2.75, 3.05) is 13.7 Å². The number of likely N-dealkylation sites (tertiary alicyclic amines) is 1. The van der Waals surface area contributed by atoms with Crippen LogP contribution in [-0.4, -0.2) is 46.7 Å². The van der Waals surface area contributed by atoms with Gasteiger partial charge in [-0.1, -0.05) is 23.4 Å². The highest BCUT2D eigenvalue weighted by Gasteiger charge is 2.32. The molecule has 8 nitrogen and oxygen atoms in total. The zero-order valence-corrected chi connectivity index (χ0v) is 14.0. The van der Waals surface area contributed by atoms with Gasteiger partial charge in [0.1, 0.15) is 6.04 Å². The highest BCUT2D eigenvalue weighted by atomic mass is 16.5. The van der Waals surface area contributed by atoms with E-state index in [0.29, 0.717) is 24.7 Å². The van der Waals surface area contributed by atoms with Gasteiger partial charge in [0.2, 0.25) is 5.91 Å². The molecule has 1 aliphatic heterocycles. The maximum atomic E-state index is 12.4. The number of ether oxygens (including phenoxy) is 1. The molecule has 0 unspecified atom stereocenters. The van der Waals surface area contributed by atoms with E-state index in [9.17, 15) is 9.59 Å². The lowest BCUT2D eigenvalue weighted by molar-refractivity contribution is -0.127. The number of amides is 2. The van der Waals surface area contributed by atoms with Crippen molar-refractivity contribution >= 4 is 12.0 Å². The molecular formula is C17H20N4O4. The van der Waals surface area contributed by atoms with Crippen LogP contribution < -0.4 is 5.32 Å². The topological polar surface area (TPSA) is 97.6 Å². The number of aromatic nitrogens is 2. The lowest BCUT2D eigenvalue weighted by Crippen LogP contribution is -2.51. The number of hydrogen-bond acceptors (Lipinski definition) is 6. The maximum Gasteiger partial charge on any atom is 0.410 e. The number of piperidine rings is 1. The Hall–Kier alpha value is -2.90. The van der Waals surface area contributed by atoms with E-state index < -0.39 is 12.1 Å². The number of methoxy groups -OCH3 is 1. The van der Waals surface area contributed by atoms with Crippen molar-refractivity contribution in [2.45, 2.75) is 31.8 Å². The number of hydrogen-bond donors (Lipinski definition) is 1. The molecule has 3 rings (SSSR count). The van der Waals surface area contributed by atoms with Crippen molar-refractivity contribution < 1.29 is 18.8 Å². The van der Waals surface area contributed by atoms with Crippen LogP contribution >= 0.6 is 0 Å². The van der Waals surface area contributed by atoms with Gasteiger partial charge >= 0.3 is 6.09 Å². The van der Waals surface area contributed by atoms with Crippen LogP contribution in [0.5, 0.6) is 0 Å². The van der Waals surface area contributed by atoms with Crippen molar-refractivity contribution in [3.05, 3.63) is 36.2 Å². The Morgan fingerprint density at radius 1 is 1.32 bits per heavy atom. The first kappa shape index (κ1) is 16.9. The molecule has 2 amide bonds. The maximum absolute atomic E-state index is 12.4. The summed E-state index contributed by atoms with van der Waals surface area (Å²) < 4.78 is 9.96. The molecule has 0 bridgehead atoms. The summed E-state index contributed by atoms with van der Waals surface area (Å²) >= 11 is 0. The van der Waals surface area contributed by atoms with E-state index in [1.807, 2.05) is 30.3 Å². The number of nitrogens with zero attached hydrogens (tertiary/aromatic N) is 3. The summed E-state index contributed by atoms with van der Waals surface area (Å²) in [6.45, 7) is 0.659. The first-order valence-electron chi connectivity index (χ1n) is 8.19. The predicted octanol–water partition coefficient (Wildman–Crippen LogP) is 1.97. The van der Waals surface area contributed by atoms with Crippen LogP contribution in [0, 0.1) is 0 Å². The zero-order valence-electron chi connectivity index (χ0n) is 14.0. The third kappa shape index (κ3) is 3.96. The molecular weight excluding hydrogens is 324 g/mol. The fraction of sp³-hybridized carbons (Fsp3) is 0.412. The third-order valence-electron chi connectivity index (χ3n) is 4.12. The van der Waals surface area contributed by atoms with Gasteiger partial charge in [0, 0.05) is 12.1 Å². The predicted molar refractivity (Wildman–Crippen MR) is 88.3 cm³/mol. The smallest absolute Gasteiger partial charge is 0.410 e. The van der Waals surface area contributed by atoms with Gasteiger partial charge in [-0.05, 0) is 31.4 Å². The number of carbonyl (C=O) groups is 2. The van der Waals surface area contributed by atoms with E-state index in [4.69, 9.17) is 9.26 Å². The van der Waals surface area contributed by atoms with E-state index in [1.54, 1.807) is 0 Å². The van der Waals surface area contributed by atoms with Crippen molar-refractivity contribution in [3.8, 4) is 11.5 Å². The van der Waals surface area contributed by atoms with Crippen LogP contribution in [0.2, 0.25) is 0 Å². The minimum Gasteiger partial charge on any atom is -0.453 e. The molecule has 0 saturated carbocycles. The van der Waals surface area contributed by atoms with Crippen molar-refractivity contribution in [2.24, 2.45) is 0 Å². The van der Waals surface area contributed by atoms with Gasteiger partial charge in [0.15, 0.2) is 5.82 Å². The average molecular weight is 344 g/mol. The fourth-order valence-electron chi connectivity index (χ4n) is 2.85. The van der Waals surface area contributed by atoms with Crippen LogP contribution in [0.1, 0.15) is 25.1 Å². The first-order valence-corrected chi connectivity index (χ1v) is 8.19. The lowest BCUT2D eigenvalue weighted by Gasteiger charge is -2.33. The summed E-state index contributed by atoms with van der Waals surface area (Å²) in [6.07, 6.45) is 1.89. The number of nitrogens with one attached hydrogen (secondary N) is 1. The van der Waals surface area contributed by atoms with Crippen molar-refractivity contribution in [3.63, 3.8) is 0 Å². The molecule has 1 aromatic carbocycles. The molecule has 1 fully saturated rings. The van der Waals surface area contributed by atoms with E-state index in [-0.39, 0.29) is 12.5 Å². The van der Waals surface area contributed by atoms with Crippen LogP contribution in [0.15, 0.2) is 34.9 Å². The molecule has 1 saturated heterocycles. The third-order valence-corrected chi connectivity index (χ3v) is 4.12. The zero-order chi connectivity index (χ0) is 17.6. The average Bonchev–Trinajstić information content (AvgIpc) is 3.15. The van der Waals surface area contributed by atoms with Gasteiger partial charge < -0.3 is 14.6 Å². The minimum atomic E-state index is -0.526. The summed E-state index contributed by atoms with van der Waals surface area (Å²) in [7, 11) is 1.32. The fourth-order valence-corrected chi connectivity index (χ4v) is 2.85. The highest BCUT2D eigenvalue weighted by molar-refractivity contribution is 5.85. The molecule has 0 radical (unpaired) electrons. The lowest BCUT2D eigenvalue weighted by atomic mass is 10.0. The Kier molecular flexibility index (Phi) is 5.27.